The second kappa shape index (κ2) is 5.45. The smallest absolute Gasteiger partial charge is 0.131 e. The van der Waals surface area contributed by atoms with Crippen LogP contribution in [0.15, 0.2) is 18.2 Å². The third kappa shape index (κ3) is 2.31. The fourth-order valence-corrected chi connectivity index (χ4v) is 2.24. The minimum absolute atomic E-state index is 0.299. The molecule has 5 heteroatoms. The molecule has 2 aromatic rings. The van der Waals surface area contributed by atoms with Gasteiger partial charge in [0.25, 0.3) is 0 Å². The predicted octanol–water partition coefficient (Wildman–Crippen LogP) is 2.81. The van der Waals surface area contributed by atoms with Crippen molar-refractivity contribution in [1.29, 1.82) is 0 Å². The van der Waals surface area contributed by atoms with Crippen LogP contribution in [-0.4, -0.2) is 23.8 Å². The number of hydrogen-bond donors (Lipinski definition) is 1. The number of nitrogens with zero attached hydrogens (tertiary/aromatic N) is 2. The van der Waals surface area contributed by atoms with E-state index in [4.69, 9.17) is 15.2 Å². The summed E-state index contributed by atoms with van der Waals surface area (Å²) in [5, 5.41) is 0. The lowest BCUT2D eigenvalue weighted by Gasteiger charge is -2.09. The number of nitrogen functional groups attached to an aromatic ring is 1. The summed E-state index contributed by atoms with van der Waals surface area (Å²) in [6, 6.07) is 5.60. The maximum atomic E-state index is 6.19. The van der Waals surface area contributed by atoms with Crippen LogP contribution in [0.25, 0.3) is 11.3 Å². The van der Waals surface area contributed by atoms with E-state index in [0.29, 0.717) is 11.7 Å². The molecule has 0 aliphatic carbocycles. The lowest BCUT2D eigenvalue weighted by molar-refractivity contribution is 0.404. The Labute approximate surface area is 119 Å². The normalized spacial score (nSPS) is 10.9. The van der Waals surface area contributed by atoms with Crippen LogP contribution in [-0.2, 0) is 7.05 Å². The van der Waals surface area contributed by atoms with Crippen LogP contribution in [0.5, 0.6) is 11.5 Å². The van der Waals surface area contributed by atoms with Crippen LogP contribution in [0.1, 0.15) is 25.6 Å². The van der Waals surface area contributed by atoms with Gasteiger partial charge in [-0.3, -0.25) is 0 Å². The van der Waals surface area contributed by atoms with Crippen LogP contribution < -0.4 is 15.2 Å². The van der Waals surface area contributed by atoms with Crippen LogP contribution >= 0.6 is 0 Å². The monoisotopic (exact) mass is 275 g/mol. The number of nitrogens with two attached hydrogens (primary N) is 1. The first-order chi connectivity index (χ1) is 9.49. The van der Waals surface area contributed by atoms with Crippen molar-refractivity contribution in [2.75, 3.05) is 20.0 Å². The highest BCUT2D eigenvalue weighted by Crippen LogP contribution is 2.36. The van der Waals surface area contributed by atoms with Gasteiger partial charge in [-0.1, -0.05) is 13.8 Å². The number of anilines is 1. The molecule has 5 nitrogen and oxygen atoms in total. The molecule has 0 spiro atoms. The molecule has 0 amide bonds. The predicted molar refractivity (Wildman–Crippen MR) is 80.2 cm³/mol. The highest BCUT2D eigenvalue weighted by Gasteiger charge is 2.19. The van der Waals surface area contributed by atoms with Crippen molar-refractivity contribution in [3.05, 3.63) is 24.0 Å². The van der Waals surface area contributed by atoms with Gasteiger partial charge < -0.3 is 19.8 Å². The highest BCUT2D eigenvalue weighted by atomic mass is 16.5. The lowest BCUT2D eigenvalue weighted by atomic mass is 10.1. The summed E-state index contributed by atoms with van der Waals surface area (Å²) in [5.74, 6) is 3.35. The van der Waals surface area contributed by atoms with Crippen molar-refractivity contribution in [2.24, 2.45) is 7.05 Å². The molecule has 0 unspecified atom stereocenters. The highest BCUT2D eigenvalue weighted by molar-refractivity contribution is 5.77. The molecule has 0 atom stereocenters. The quantitative estimate of drug-likeness (QED) is 0.932. The van der Waals surface area contributed by atoms with E-state index in [1.807, 2.05) is 29.8 Å². The molecule has 0 radical (unpaired) electrons. The van der Waals surface area contributed by atoms with Gasteiger partial charge in [-0.2, -0.15) is 0 Å². The fourth-order valence-electron chi connectivity index (χ4n) is 2.24. The maximum absolute atomic E-state index is 6.19. The number of hydrogen-bond acceptors (Lipinski definition) is 4. The molecule has 0 saturated heterocycles. The average Bonchev–Trinajstić information content (AvgIpc) is 2.74. The standard InChI is InChI=1S/C15H21N3O2/c1-9(2)15-17-13(14(16)18(15)3)11-8-10(19-4)6-7-12(11)20-5/h6-9H,16H2,1-5H3. The summed E-state index contributed by atoms with van der Waals surface area (Å²) in [5.41, 5.74) is 7.76. The van der Waals surface area contributed by atoms with Gasteiger partial charge in [0.1, 0.15) is 28.8 Å². The Morgan fingerprint density at radius 2 is 1.90 bits per heavy atom. The Morgan fingerprint density at radius 3 is 2.40 bits per heavy atom. The Balaban J connectivity index is 2.64. The van der Waals surface area contributed by atoms with Gasteiger partial charge in [-0.15, -0.1) is 0 Å². The first-order valence-electron chi connectivity index (χ1n) is 6.54. The molecule has 0 aliphatic rings. The number of benzene rings is 1. The first-order valence-corrected chi connectivity index (χ1v) is 6.54. The van der Waals surface area contributed by atoms with E-state index in [1.54, 1.807) is 14.2 Å². The summed E-state index contributed by atoms with van der Waals surface area (Å²) >= 11 is 0. The molecule has 20 heavy (non-hydrogen) atoms. The van der Waals surface area contributed by atoms with Crippen molar-refractivity contribution < 1.29 is 9.47 Å². The van der Waals surface area contributed by atoms with Crippen molar-refractivity contribution in [1.82, 2.24) is 9.55 Å². The molecule has 0 aliphatic heterocycles. The summed E-state index contributed by atoms with van der Waals surface area (Å²) in [6.07, 6.45) is 0. The van der Waals surface area contributed by atoms with E-state index in [9.17, 15) is 0 Å². The summed E-state index contributed by atoms with van der Waals surface area (Å²) in [6.45, 7) is 4.18. The Kier molecular flexibility index (Phi) is 3.88. The zero-order valence-corrected chi connectivity index (χ0v) is 12.6. The number of imidazole rings is 1. The zero-order valence-electron chi connectivity index (χ0n) is 12.6. The Hall–Kier alpha value is -2.17. The molecule has 2 N–H and O–H groups in total. The Morgan fingerprint density at radius 1 is 1.20 bits per heavy atom. The third-order valence-corrected chi connectivity index (χ3v) is 3.35. The molecule has 0 saturated carbocycles. The average molecular weight is 275 g/mol. The van der Waals surface area contributed by atoms with Gasteiger partial charge in [0.15, 0.2) is 0 Å². The van der Waals surface area contributed by atoms with Crippen LogP contribution in [0.2, 0.25) is 0 Å². The first kappa shape index (κ1) is 14.2. The van der Waals surface area contributed by atoms with Gasteiger partial charge in [-0.25, -0.2) is 4.98 Å². The lowest BCUT2D eigenvalue weighted by Crippen LogP contribution is -2.03. The van der Waals surface area contributed by atoms with E-state index in [1.165, 1.54) is 0 Å². The molecular formula is C15H21N3O2. The van der Waals surface area contributed by atoms with Crippen molar-refractivity contribution in [3.63, 3.8) is 0 Å². The van der Waals surface area contributed by atoms with Crippen LogP contribution in [0.4, 0.5) is 5.82 Å². The molecule has 1 aromatic carbocycles. The largest absolute Gasteiger partial charge is 0.497 e. The number of aromatic nitrogens is 2. The topological polar surface area (TPSA) is 62.3 Å². The minimum Gasteiger partial charge on any atom is -0.497 e. The number of ether oxygens (including phenoxy) is 2. The van der Waals surface area contributed by atoms with E-state index in [-0.39, 0.29) is 0 Å². The van der Waals surface area contributed by atoms with Gasteiger partial charge in [0.05, 0.1) is 14.2 Å². The van der Waals surface area contributed by atoms with Gasteiger partial charge in [-0.05, 0) is 18.2 Å². The minimum atomic E-state index is 0.299. The fraction of sp³-hybridized carbons (Fsp3) is 0.400. The second-order valence-electron chi connectivity index (χ2n) is 4.98. The molecule has 1 aromatic heterocycles. The summed E-state index contributed by atoms with van der Waals surface area (Å²) < 4.78 is 12.6. The van der Waals surface area contributed by atoms with Crippen LogP contribution in [0.3, 0.4) is 0 Å². The molecule has 0 bridgehead atoms. The van der Waals surface area contributed by atoms with Crippen molar-refractivity contribution in [2.45, 2.75) is 19.8 Å². The van der Waals surface area contributed by atoms with E-state index < -0.39 is 0 Å². The molecule has 108 valence electrons. The molecule has 0 fully saturated rings. The maximum Gasteiger partial charge on any atom is 0.131 e. The molecule has 2 rings (SSSR count). The SMILES string of the molecule is COc1ccc(OC)c(-c2nc(C(C)C)n(C)c2N)c1. The van der Waals surface area contributed by atoms with Crippen molar-refractivity contribution in [3.8, 4) is 22.8 Å². The second-order valence-corrected chi connectivity index (χ2v) is 4.98. The van der Waals surface area contributed by atoms with E-state index in [0.717, 1.165) is 28.6 Å². The number of methoxy groups -OCH3 is 2. The number of rotatable bonds is 4. The van der Waals surface area contributed by atoms with Crippen molar-refractivity contribution >= 4 is 5.82 Å². The zero-order chi connectivity index (χ0) is 14.9. The third-order valence-electron chi connectivity index (χ3n) is 3.35. The van der Waals surface area contributed by atoms with Crippen LogP contribution in [0, 0.1) is 0 Å². The molecular weight excluding hydrogens is 254 g/mol. The molecule has 1 heterocycles. The van der Waals surface area contributed by atoms with Gasteiger partial charge >= 0.3 is 0 Å². The Bertz CT molecular complexity index is 618. The summed E-state index contributed by atoms with van der Waals surface area (Å²) in [4.78, 5) is 4.67. The summed E-state index contributed by atoms with van der Waals surface area (Å²) in [7, 11) is 5.19. The van der Waals surface area contributed by atoms with Gasteiger partial charge in [0.2, 0.25) is 0 Å². The van der Waals surface area contributed by atoms with E-state index in [2.05, 4.69) is 18.8 Å². The van der Waals surface area contributed by atoms with E-state index >= 15 is 0 Å². The van der Waals surface area contributed by atoms with Gasteiger partial charge in [0, 0.05) is 18.5 Å².